The molecule has 0 radical (unpaired) electrons. The number of halogens is 4. The van der Waals surface area contributed by atoms with E-state index in [-0.39, 0.29) is 0 Å². The smallest absolute Gasteiger partial charge is 0.364 e. The lowest BCUT2D eigenvalue weighted by molar-refractivity contribution is -0.264. The molecule has 1 aliphatic rings. The van der Waals surface area contributed by atoms with Gasteiger partial charge in [0.25, 0.3) is 0 Å². The van der Waals surface area contributed by atoms with E-state index in [0.717, 1.165) is 13.2 Å². The lowest BCUT2D eigenvalue weighted by Crippen LogP contribution is -2.54. The molecule has 6 heteroatoms. The molecule has 118 valence electrons. The van der Waals surface area contributed by atoms with Crippen LogP contribution in [-0.2, 0) is 9.53 Å². The van der Waals surface area contributed by atoms with Crippen LogP contribution >= 0.6 is 11.6 Å². The van der Waals surface area contributed by atoms with Crippen molar-refractivity contribution in [2.45, 2.75) is 17.7 Å². The van der Waals surface area contributed by atoms with Crippen LogP contribution in [0.3, 0.4) is 0 Å². The summed E-state index contributed by atoms with van der Waals surface area (Å²) >= 11 is 5.63. The van der Waals surface area contributed by atoms with Crippen molar-refractivity contribution in [3.8, 4) is 0 Å². The number of carbonyl (C=O) groups is 1. The Morgan fingerprint density at radius 1 is 1.27 bits per heavy atom. The Kier molecular flexibility index (Phi) is 4.78. The van der Waals surface area contributed by atoms with Gasteiger partial charge >= 0.3 is 6.18 Å². The van der Waals surface area contributed by atoms with Gasteiger partial charge < -0.3 is 4.74 Å². The molecular formula is C16H14ClF3O2. The molecule has 0 aliphatic heterocycles. The van der Waals surface area contributed by atoms with Crippen LogP contribution in [0.1, 0.15) is 11.5 Å². The van der Waals surface area contributed by atoms with Gasteiger partial charge in [-0.15, -0.1) is 0 Å². The van der Waals surface area contributed by atoms with Crippen molar-refractivity contribution < 1.29 is 22.7 Å². The molecule has 0 spiro atoms. The van der Waals surface area contributed by atoms with Crippen molar-refractivity contribution >= 4 is 16.8 Å². The van der Waals surface area contributed by atoms with Crippen LogP contribution < -0.4 is 0 Å². The Morgan fingerprint density at radius 3 is 2.41 bits per heavy atom. The lowest BCUT2D eigenvalue weighted by Gasteiger charge is -2.41. The third-order valence-electron chi connectivity index (χ3n) is 3.81. The summed E-state index contributed by atoms with van der Waals surface area (Å²) in [5, 5.41) is -0.859. The molecule has 0 aromatic heterocycles. The van der Waals surface area contributed by atoms with Crippen LogP contribution in [0.2, 0.25) is 0 Å². The van der Waals surface area contributed by atoms with Gasteiger partial charge in [-0.25, -0.2) is 0 Å². The van der Waals surface area contributed by atoms with Crippen molar-refractivity contribution in [1.82, 2.24) is 0 Å². The van der Waals surface area contributed by atoms with Gasteiger partial charge in [-0.2, -0.15) is 13.2 Å². The fourth-order valence-electron chi connectivity index (χ4n) is 2.74. The van der Waals surface area contributed by atoms with E-state index in [0.29, 0.717) is 5.56 Å². The van der Waals surface area contributed by atoms with E-state index >= 15 is 0 Å². The number of rotatable bonds is 4. The van der Waals surface area contributed by atoms with Crippen LogP contribution in [-0.4, -0.2) is 24.1 Å². The summed E-state index contributed by atoms with van der Waals surface area (Å²) in [6, 6.07) is 8.16. The Hall–Kier alpha value is -1.59. The second kappa shape index (κ2) is 6.26. The molecule has 0 fully saturated rings. The summed E-state index contributed by atoms with van der Waals surface area (Å²) in [6.07, 6.45) is 0.271. The van der Waals surface area contributed by atoms with Gasteiger partial charge in [-0.3, -0.25) is 4.79 Å². The summed E-state index contributed by atoms with van der Waals surface area (Å²) in [5.74, 6) is -2.44. The largest absolute Gasteiger partial charge is 0.421 e. The minimum Gasteiger partial charge on any atom is -0.364 e. The third kappa shape index (κ3) is 2.83. The van der Waals surface area contributed by atoms with Crippen LogP contribution in [0, 0.1) is 5.92 Å². The van der Waals surface area contributed by atoms with Crippen molar-refractivity contribution in [3.05, 3.63) is 60.2 Å². The Bertz CT molecular complexity index is 595. The topological polar surface area (TPSA) is 26.3 Å². The summed E-state index contributed by atoms with van der Waals surface area (Å²) in [4.78, 5) is 11.9. The minimum atomic E-state index is -4.69. The Balaban J connectivity index is 2.57. The predicted octanol–water partition coefficient (Wildman–Crippen LogP) is 4.23. The van der Waals surface area contributed by atoms with Crippen LogP contribution in [0.4, 0.5) is 13.2 Å². The molecule has 0 N–H and O–H groups in total. The first-order valence-electron chi connectivity index (χ1n) is 6.55. The average Bonchev–Trinajstić information content (AvgIpc) is 2.47. The number of hydrogen-bond acceptors (Lipinski definition) is 2. The van der Waals surface area contributed by atoms with Gasteiger partial charge in [-0.1, -0.05) is 48.6 Å². The fraction of sp³-hybridized carbons (Fsp3) is 0.312. The number of hydrogen-bond donors (Lipinski definition) is 0. The van der Waals surface area contributed by atoms with E-state index in [1.165, 1.54) is 18.2 Å². The highest BCUT2D eigenvalue weighted by Crippen LogP contribution is 2.48. The molecule has 1 aliphatic carbocycles. The standard InChI is InChI=1S/C16H14ClF3O2/c1-22-15(16(18,19)20)10-6-5-9-12(15)13(14(17)21)11-7-3-2-4-8-11/h2-10,12-13H,1H3/t12?,13-,15?/m0/s1. The van der Waals surface area contributed by atoms with Crippen molar-refractivity contribution in [1.29, 1.82) is 0 Å². The molecule has 0 amide bonds. The van der Waals surface area contributed by atoms with Crippen molar-refractivity contribution in [2.75, 3.05) is 7.11 Å². The number of alkyl halides is 3. The number of carbonyl (C=O) groups excluding carboxylic acids is 1. The SMILES string of the molecule is COC1(C(F)(F)F)C=CC=CC1[C@@H](C(=O)Cl)c1ccccc1. The normalized spacial score (nSPS) is 26.0. The zero-order valence-corrected chi connectivity index (χ0v) is 12.4. The maximum atomic E-state index is 13.6. The van der Waals surface area contributed by atoms with E-state index in [2.05, 4.69) is 0 Å². The fourth-order valence-corrected chi connectivity index (χ4v) is 3.00. The van der Waals surface area contributed by atoms with Crippen LogP contribution in [0.15, 0.2) is 54.6 Å². The summed E-state index contributed by atoms with van der Waals surface area (Å²) in [5.41, 5.74) is -2.18. The molecule has 0 saturated carbocycles. The first kappa shape index (κ1) is 16.8. The number of methoxy groups -OCH3 is 1. The van der Waals surface area contributed by atoms with Crippen molar-refractivity contribution in [2.24, 2.45) is 5.92 Å². The third-order valence-corrected chi connectivity index (χ3v) is 4.05. The van der Waals surface area contributed by atoms with Crippen LogP contribution in [0.5, 0.6) is 0 Å². The van der Waals surface area contributed by atoms with E-state index in [9.17, 15) is 18.0 Å². The lowest BCUT2D eigenvalue weighted by atomic mass is 9.72. The highest BCUT2D eigenvalue weighted by molar-refractivity contribution is 6.64. The second-order valence-electron chi connectivity index (χ2n) is 4.96. The number of ether oxygens (including phenoxy) is 1. The van der Waals surface area contributed by atoms with Gasteiger partial charge in [0.15, 0.2) is 5.60 Å². The monoisotopic (exact) mass is 330 g/mol. The zero-order chi connectivity index (χ0) is 16.4. The van der Waals surface area contributed by atoms with Gasteiger partial charge in [0, 0.05) is 13.0 Å². The molecule has 1 aromatic rings. The predicted molar refractivity (Wildman–Crippen MR) is 77.6 cm³/mol. The first-order valence-corrected chi connectivity index (χ1v) is 6.93. The second-order valence-corrected chi connectivity index (χ2v) is 5.33. The molecule has 3 atom stereocenters. The van der Waals surface area contributed by atoms with E-state index in [4.69, 9.17) is 16.3 Å². The number of benzene rings is 1. The molecule has 0 bridgehead atoms. The van der Waals surface area contributed by atoms with Crippen molar-refractivity contribution in [3.63, 3.8) is 0 Å². The number of allylic oxidation sites excluding steroid dienone is 2. The summed E-state index contributed by atoms with van der Waals surface area (Å²) in [7, 11) is 0.977. The molecule has 2 unspecified atom stereocenters. The molecule has 2 nitrogen and oxygen atoms in total. The first-order chi connectivity index (χ1) is 10.3. The average molecular weight is 331 g/mol. The molecule has 22 heavy (non-hydrogen) atoms. The molecule has 0 saturated heterocycles. The van der Waals surface area contributed by atoms with Gasteiger partial charge in [0.05, 0.1) is 5.92 Å². The maximum absolute atomic E-state index is 13.6. The van der Waals surface area contributed by atoms with Gasteiger partial charge in [0.2, 0.25) is 5.24 Å². The van der Waals surface area contributed by atoms with E-state index in [1.807, 2.05) is 0 Å². The molecule has 0 heterocycles. The van der Waals surface area contributed by atoms with E-state index in [1.54, 1.807) is 30.3 Å². The maximum Gasteiger partial charge on any atom is 0.421 e. The zero-order valence-electron chi connectivity index (χ0n) is 11.7. The highest BCUT2D eigenvalue weighted by atomic mass is 35.5. The van der Waals surface area contributed by atoms with Gasteiger partial charge in [0.1, 0.15) is 0 Å². The molecular weight excluding hydrogens is 317 g/mol. The Morgan fingerprint density at radius 2 is 1.91 bits per heavy atom. The van der Waals surface area contributed by atoms with E-state index < -0.39 is 28.9 Å². The Labute approximate surface area is 131 Å². The quantitative estimate of drug-likeness (QED) is 0.772. The molecule has 1 aromatic carbocycles. The minimum absolute atomic E-state index is 0.415. The van der Waals surface area contributed by atoms with Gasteiger partial charge in [-0.05, 0) is 23.2 Å². The highest BCUT2D eigenvalue weighted by Gasteiger charge is 2.61. The van der Waals surface area contributed by atoms with Crippen LogP contribution in [0.25, 0.3) is 0 Å². The summed E-state index contributed by atoms with van der Waals surface area (Å²) < 4.78 is 45.7. The summed E-state index contributed by atoms with van der Waals surface area (Å²) in [6.45, 7) is 0. The molecule has 2 rings (SSSR count).